The Labute approximate surface area is 122 Å². The number of anilines is 1. The molecule has 1 aromatic rings. The molecule has 0 saturated carbocycles. The molecule has 2 rings (SSSR count). The summed E-state index contributed by atoms with van der Waals surface area (Å²) in [5.41, 5.74) is 0.643. The number of hydrogen-bond acceptors (Lipinski definition) is 7. The summed E-state index contributed by atoms with van der Waals surface area (Å²) in [5.74, 6) is -0.930. The Kier molecular flexibility index (Phi) is 5.39. The molecule has 1 aromatic heterocycles. The lowest BCUT2D eigenvalue weighted by molar-refractivity contribution is -0.151. The van der Waals surface area contributed by atoms with E-state index in [0.717, 1.165) is 19.2 Å². The number of morpholine rings is 1. The van der Waals surface area contributed by atoms with E-state index in [1.54, 1.807) is 19.3 Å². The summed E-state index contributed by atoms with van der Waals surface area (Å²) >= 11 is 0. The number of ether oxygens (including phenoxy) is 2. The first-order valence-electron chi connectivity index (χ1n) is 6.74. The highest BCUT2D eigenvalue weighted by atomic mass is 16.5. The highest BCUT2D eigenvalue weighted by Gasteiger charge is 2.13. The summed E-state index contributed by atoms with van der Waals surface area (Å²) in [4.78, 5) is 33.1. The Morgan fingerprint density at radius 1 is 1.33 bits per heavy atom. The zero-order chi connectivity index (χ0) is 15.1. The number of nitrogens with zero attached hydrogens (tertiary/aromatic N) is 3. The lowest BCUT2D eigenvalue weighted by atomic mass is 10.2. The highest BCUT2D eigenvalue weighted by molar-refractivity contribution is 6.39. The number of aromatic nitrogens is 2. The second-order valence-electron chi connectivity index (χ2n) is 4.33. The fraction of sp³-hybridized carbons (Fsp3) is 0.429. The van der Waals surface area contributed by atoms with Gasteiger partial charge < -0.3 is 14.4 Å². The molecule has 0 bridgehead atoms. The minimum absolute atomic E-state index is 0.176. The van der Waals surface area contributed by atoms with Crippen LogP contribution in [0.4, 0.5) is 5.95 Å². The van der Waals surface area contributed by atoms with Gasteiger partial charge in [0.15, 0.2) is 0 Å². The van der Waals surface area contributed by atoms with Gasteiger partial charge >= 0.3 is 5.97 Å². The van der Waals surface area contributed by atoms with E-state index < -0.39 is 11.8 Å². The molecule has 0 radical (unpaired) electrons. The lowest BCUT2D eigenvalue weighted by Crippen LogP contribution is -2.37. The highest BCUT2D eigenvalue weighted by Crippen LogP contribution is 2.10. The smallest absolute Gasteiger partial charge is 0.379 e. The summed E-state index contributed by atoms with van der Waals surface area (Å²) in [6.07, 6.45) is 5.85. The van der Waals surface area contributed by atoms with Crippen molar-refractivity contribution >= 4 is 23.8 Å². The van der Waals surface area contributed by atoms with Crippen LogP contribution in [-0.4, -0.2) is 54.6 Å². The average molecular weight is 291 g/mol. The fourth-order valence-electron chi connectivity index (χ4n) is 1.79. The first-order chi connectivity index (χ1) is 10.2. The van der Waals surface area contributed by atoms with E-state index >= 15 is 0 Å². The summed E-state index contributed by atoms with van der Waals surface area (Å²) in [7, 11) is 0. The maximum Gasteiger partial charge on any atom is 0.379 e. The Balaban J connectivity index is 1.95. The molecule has 0 unspecified atom stereocenters. The predicted octanol–water partition coefficient (Wildman–Crippen LogP) is 0.459. The number of ketones is 1. The van der Waals surface area contributed by atoms with Crippen LogP contribution >= 0.6 is 0 Å². The van der Waals surface area contributed by atoms with Crippen LogP contribution in [0.25, 0.3) is 6.08 Å². The molecule has 1 aliphatic heterocycles. The van der Waals surface area contributed by atoms with Crippen LogP contribution in [0.3, 0.4) is 0 Å². The standard InChI is InChI=1S/C14H17N3O4/c1-2-21-13(19)12(18)4-3-11-9-15-14(16-10-11)17-5-7-20-8-6-17/h3-4,9-10H,2,5-8H2,1H3. The maximum atomic E-state index is 11.4. The second-order valence-corrected chi connectivity index (χ2v) is 4.33. The largest absolute Gasteiger partial charge is 0.460 e. The first-order valence-corrected chi connectivity index (χ1v) is 6.74. The van der Waals surface area contributed by atoms with Gasteiger partial charge in [-0.05, 0) is 19.1 Å². The Morgan fingerprint density at radius 2 is 2.00 bits per heavy atom. The molecular weight excluding hydrogens is 274 g/mol. The van der Waals surface area contributed by atoms with Gasteiger partial charge in [0.1, 0.15) is 0 Å². The predicted molar refractivity (Wildman–Crippen MR) is 75.7 cm³/mol. The monoisotopic (exact) mass is 291 g/mol. The molecule has 112 valence electrons. The van der Waals surface area contributed by atoms with Gasteiger partial charge in [0.2, 0.25) is 5.95 Å². The minimum atomic E-state index is -0.861. The molecule has 0 N–H and O–H groups in total. The van der Waals surface area contributed by atoms with E-state index in [1.165, 1.54) is 6.08 Å². The van der Waals surface area contributed by atoms with Crippen molar-refractivity contribution in [2.75, 3.05) is 37.8 Å². The second kappa shape index (κ2) is 7.49. The SMILES string of the molecule is CCOC(=O)C(=O)C=Cc1cnc(N2CCOCC2)nc1. The van der Waals surface area contributed by atoms with Crippen LogP contribution in [0, 0.1) is 0 Å². The van der Waals surface area contributed by atoms with Crippen LogP contribution in [0.2, 0.25) is 0 Å². The molecule has 1 saturated heterocycles. The van der Waals surface area contributed by atoms with Gasteiger partial charge in [0.05, 0.1) is 19.8 Å². The van der Waals surface area contributed by atoms with Crippen molar-refractivity contribution < 1.29 is 19.1 Å². The van der Waals surface area contributed by atoms with E-state index in [9.17, 15) is 9.59 Å². The van der Waals surface area contributed by atoms with Crippen LogP contribution < -0.4 is 4.90 Å². The van der Waals surface area contributed by atoms with Crippen molar-refractivity contribution in [1.82, 2.24) is 9.97 Å². The number of carbonyl (C=O) groups is 2. The van der Waals surface area contributed by atoms with Crippen molar-refractivity contribution in [3.8, 4) is 0 Å². The zero-order valence-electron chi connectivity index (χ0n) is 11.8. The van der Waals surface area contributed by atoms with Crippen molar-refractivity contribution in [2.45, 2.75) is 6.92 Å². The molecule has 7 nitrogen and oxygen atoms in total. The topological polar surface area (TPSA) is 81.6 Å². The number of hydrogen-bond donors (Lipinski definition) is 0. The van der Waals surface area contributed by atoms with E-state index in [-0.39, 0.29) is 6.61 Å². The number of rotatable bonds is 5. The van der Waals surface area contributed by atoms with Gasteiger partial charge in [-0.2, -0.15) is 0 Å². The Hall–Kier alpha value is -2.28. The summed E-state index contributed by atoms with van der Waals surface area (Å²) in [6, 6.07) is 0. The quantitative estimate of drug-likeness (QED) is 0.443. The van der Waals surface area contributed by atoms with Crippen LogP contribution in [-0.2, 0) is 19.1 Å². The summed E-state index contributed by atoms with van der Waals surface area (Å²) < 4.78 is 9.86. The third kappa shape index (κ3) is 4.35. The molecule has 0 spiro atoms. The van der Waals surface area contributed by atoms with Gasteiger partial charge in [-0.3, -0.25) is 4.79 Å². The molecule has 1 aliphatic rings. The Bertz CT molecular complexity index is 522. The van der Waals surface area contributed by atoms with Gasteiger partial charge in [0.25, 0.3) is 5.78 Å². The fourth-order valence-corrected chi connectivity index (χ4v) is 1.79. The molecule has 0 aromatic carbocycles. The molecular formula is C14H17N3O4. The molecule has 21 heavy (non-hydrogen) atoms. The van der Waals surface area contributed by atoms with Crippen molar-refractivity contribution in [3.05, 3.63) is 24.0 Å². The van der Waals surface area contributed by atoms with Crippen LogP contribution in [0.1, 0.15) is 12.5 Å². The van der Waals surface area contributed by atoms with E-state index in [2.05, 4.69) is 14.7 Å². The molecule has 2 heterocycles. The van der Waals surface area contributed by atoms with Crippen LogP contribution in [0.5, 0.6) is 0 Å². The normalized spacial score (nSPS) is 15.2. The van der Waals surface area contributed by atoms with Crippen LogP contribution in [0.15, 0.2) is 18.5 Å². The van der Waals surface area contributed by atoms with Gasteiger partial charge in [-0.25, -0.2) is 14.8 Å². The van der Waals surface area contributed by atoms with E-state index in [4.69, 9.17) is 4.74 Å². The summed E-state index contributed by atoms with van der Waals surface area (Å²) in [5, 5.41) is 0. The molecule has 7 heteroatoms. The average Bonchev–Trinajstić information content (AvgIpc) is 2.54. The number of carbonyl (C=O) groups excluding carboxylic acids is 2. The zero-order valence-corrected chi connectivity index (χ0v) is 11.8. The molecule has 1 fully saturated rings. The first kappa shape index (κ1) is 15.1. The van der Waals surface area contributed by atoms with Crippen molar-refractivity contribution in [2.24, 2.45) is 0 Å². The third-order valence-corrected chi connectivity index (χ3v) is 2.86. The maximum absolute atomic E-state index is 11.4. The van der Waals surface area contributed by atoms with E-state index in [1.807, 2.05) is 4.90 Å². The molecule has 0 aliphatic carbocycles. The Morgan fingerprint density at radius 3 is 2.62 bits per heavy atom. The third-order valence-electron chi connectivity index (χ3n) is 2.86. The molecule has 0 amide bonds. The van der Waals surface area contributed by atoms with Crippen molar-refractivity contribution in [1.29, 1.82) is 0 Å². The van der Waals surface area contributed by atoms with Gasteiger partial charge in [0, 0.05) is 31.0 Å². The summed E-state index contributed by atoms with van der Waals surface area (Å²) in [6.45, 7) is 4.67. The minimum Gasteiger partial charge on any atom is -0.460 e. The number of esters is 1. The van der Waals surface area contributed by atoms with E-state index in [0.29, 0.717) is 24.7 Å². The van der Waals surface area contributed by atoms with Gasteiger partial charge in [-0.15, -0.1) is 0 Å². The van der Waals surface area contributed by atoms with Crippen molar-refractivity contribution in [3.63, 3.8) is 0 Å². The lowest BCUT2D eigenvalue weighted by Gasteiger charge is -2.26. The van der Waals surface area contributed by atoms with Gasteiger partial charge in [-0.1, -0.05) is 0 Å². The molecule has 0 atom stereocenters.